The number of halogens is 1. The van der Waals surface area contributed by atoms with Crippen LogP contribution < -0.4 is 9.64 Å². The van der Waals surface area contributed by atoms with Gasteiger partial charge in [-0.25, -0.2) is 8.42 Å². The molecule has 1 amide bonds. The first-order chi connectivity index (χ1) is 13.1. The zero-order valence-electron chi connectivity index (χ0n) is 16.3. The number of sulfonamides is 1. The van der Waals surface area contributed by atoms with Gasteiger partial charge < -0.3 is 9.64 Å². The first kappa shape index (κ1) is 20.8. The summed E-state index contributed by atoms with van der Waals surface area (Å²) in [4.78, 5) is 14.8. The molecule has 0 aromatic heterocycles. The highest BCUT2D eigenvalue weighted by Crippen LogP contribution is 2.34. The number of hydrogen-bond acceptors (Lipinski definition) is 4. The van der Waals surface area contributed by atoms with Crippen molar-refractivity contribution in [2.45, 2.75) is 31.2 Å². The Labute approximate surface area is 174 Å². The molecule has 0 saturated carbocycles. The van der Waals surface area contributed by atoms with Gasteiger partial charge in [-0.15, -0.1) is 0 Å². The van der Waals surface area contributed by atoms with Crippen molar-refractivity contribution >= 4 is 37.5 Å². The third-order valence-electron chi connectivity index (χ3n) is 4.96. The van der Waals surface area contributed by atoms with Gasteiger partial charge in [-0.3, -0.25) is 4.79 Å². The molecule has 8 heteroatoms. The molecular formula is C20H23BrN2O4S. The first-order valence-electron chi connectivity index (χ1n) is 8.86. The van der Waals surface area contributed by atoms with E-state index in [0.29, 0.717) is 5.75 Å². The van der Waals surface area contributed by atoms with Gasteiger partial charge in [0.05, 0.1) is 18.6 Å². The predicted octanol–water partition coefficient (Wildman–Crippen LogP) is 3.36. The average Bonchev–Trinajstić information content (AvgIpc) is 2.96. The highest BCUT2D eigenvalue weighted by molar-refractivity contribution is 9.10. The predicted molar refractivity (Wildman–Crippen MR) is 112 cm³/mol. The summed E-state index contributed by atoms with van der Waals surface area (Å²) in [6.07, 6.45) is 0.745. The molecule has 0 bridgehead atoms. The fourth-order valence-electron chi connectivity index (χ4n) is 3.52. The van der Waals surface area contributed by atoms with Gasteiger partial charge in [-0.2, -0.15) is 4.31 Å². The summed E-state index contributed by atoms with van der Waals surface area (Å²) in [7, 11) is -0.827. The highest BCUT2D eigenvalue weighted by Gasteiger charge is 2.33. The van der Waals surface area contributed by atoms with Gasteiger partial charge in [-0.05, 0) is 67.8 Å². The van der Waals surface area contributed by atoms with Crippen LogP contribution in [0, 0.1) is 6.92 Å². The molecule has 1 aliphatic rings. The zero-order chi connectivity index (χ0) is 20.6. The zero-order valence-corrected chi connectivity index (χ0v) is 18.7. The standard InChI is InChI=1S/C20H23BrN2O4S/c1-13-9-17(6-8-19(13)27-4)28(25,26)22(3)12-20(24)23-14(2)10-15-11-16(21)5-7-18(15)23/h5-9,11,14H,10,12H2,1-4H3/t14-/m0/s1. The van der Waals surface area contributed by atoms with Crippen molar-refractivity contribution in [2.75, 3.05) is 25.6 Å². The molecule has 0 aliphatic carbocycles. The van der Waals surface area contributed by atoms with E-state index in [1.807, 2.05) is 25.1 Å². The lowest BCUT2D eigenvalue weighted by molar-refractivity contribution is -0.118. The van der Waals surface area contributed by atoms with E-state index in [-0.39, 0.29) is 23.4 Å². The second-order valence-corrected chi connectivity index (χ2v) is 9.94. The van der Waals surface area contributed by atoms with Crippen LogP contribution in [0.25, 0.3) is 0 Å². The Bertz CT molecular complexity index is 1020. The molecule has 2 aromatic carbocycles. The Morgan fingerprint density at radius 1 is 1.29 bits per heavy atom. The minimum atomic E-state index is -3.79. The van der Waals surface area contributed by atoms with Crippen LogP contribution in [0.15, 0.2) is 45.8 Å². The molecule has 1 aliphatic heterocycles. The Morgan fingerprint density at radius 3 is 2.64 bits per heavy atom. The largest absolute Gasteiger partial charge is 0.496 e. The van der Waals surface area contributed by atoms with Crippen molar-refractivity contribution in [3.8, 4) is 5.75 Å². The maximum absolute atomic E-state index is 12.9. The molecule has 0 unspecified atom stereocenters. The Hall–Kier alpha value is -1.90. The Kier molecular flexibility index (Phi) is 5.84. The summed E-state index contributed by atoms with van der Waals surface area (Å²) in [5.74, 6) is 0.371. The molecule has 2 aromatic rings. The van der Waals surface area contributed by atoms with Crippen molar-refractivity contribution in [3.05, 3.63) is 52.0 Å². The third kappa shape index (κ3) is 3.81. The van der Waals surface area contributed by atoms with Crippen LogP contribution in [0.1, 0.15) is 18.1 Å². The lowest BCUT2D eigenvalue weighted by atomic mass is 10.1. The van der Waals surface area contributed by atoms with E-state index in [1.165, 1.54) is 20.2 Å². The lowest BCUT2D eigenvalue weighted by Crippen LogP contribution is -2.43. The number of ether oxygens (including phenoxy) is 1. The molecule has 0 radical (unpaired) electrons. The minimum Gasteiger partial charge on any atom is -0.496 e. The van der Waals surface area contributed by atoms with Crippen molar-refractivity contribution in [1.82, 2.24) is 4.31 Å². The summed E-state index contributed by atoms with van der Waals surface area (Å²) >= 11 is 3.45. The topological polar surface area (TPSA) is 66.9 Å². The normalized spacial score (nSPS) is 16.4. The molecule has 0 saturated heterocycles. The molecule has 0 spiro atoms. The number of anilines is 1. The van der Waals surface area contributed by atoms with E-state index in [4.69, 9.17) is 4.74 Å². The second-order valence-electron chi connectivity index (χ2n) is 6.98. The maximum atomic E-state index is 12.9. The number of methoxy groups -OCH3 is 1. The van der Waals surface area contributed by atoms with Crippen molar-refractivity contribution in [2.24, 2.45) is 0 Å². The number of rotatable bonds is 5. The highest BCUT2D eigenvalue weighted by atomic mass is 79.9. The molecule has 28 heavy (non-hydrogen) atoms. The van der Waals surface area contributed by atoms with Gasteiger partial charge in [0.15, 0.2) is 0 Å². The molecular weight excluding hydrogens is 444 g/mol. The summed E-state index contributed by atoms with van der Waals surface area (Å²) in [6, 6.07) is 10.4. The van der Waals surface area contributed by atoms with Crippen molar-refractivity contribution < 1.29 is 17.9 Å². The van der Waals surface area contributed by atoms with E-state index < -0.39 is 10.0 Å². The number of carbonyl (C=O) groups is 1. The van der Waals surface area contributed by atoms with Crippen molar-refractivity contribution in [1.29, 1.82) is 0 Å². The monoisotopic (exact) mass is 466 g/mol. The van der Waals surface area contributed by atoms with Crippen LogP contribution in [0.4, 0.5) is 5.69 Å². The summed E-state index contributed by atoms with van der Waals surface area (Å²) in [5.41, 5.74) is 2.63. The fourth-order valence-corrected chi connectivity index (χ4v) is 5.14. The Morgan fingerprint density at radius 2 is 2.00 bits per heavy atom. The number of likely N-dealkylation sites (N-methyl/N-ethyl adjacent to an activating group) is 1. The number of fused-ring (bicyclic) bond motifs is 1. The van der Waals surface area contributed by atoms with Gasteiger partial charge >= 0.3 is 0 Å². The summed E-state index contributed by atoms with van der Waals surface area (Å²) in [6.45, 7) is 3.52. The van der Waals surface area contributed by atoms with Gasteiger partial charge in [0, 0.05) is 23.2 Å². The molecule has 1 atom stereocenters. The molecule has 3 rings (SSSR count). The fraction of sp³-hybridized carbons (Fsp3) is 0.350. The summed E-state index contributed by atoms with van der Waals surface area (Å²) in [5, 5.41) is 0. The van der Waals surface area contributed by atoms with Gasteiger partial charge in [0.25, 0.3) is 0 Å². The van der Waals surface area contributed by atoms with Gasteiger partial charge in [-0.1, -0.05) is 15.9 Å². The molecule has 1 heterocycles. The summed E-state index contributed by atoms with van der Waals surface area (Å²) < 4.78 is 33.1. The quantitative estimate of drug-likeness (QED) is 0.677. The third-order valence-corrected chi connectivity index (χ3v) is 7.25. The molecule has 0 N–H and O–H groups in total. The Balaban J connectivity index is 1.82. The SMILES string of the molecule is COc1ccc(S(=O)(=O)N(C)CC(=O)N2c3ccc(Br)cc3C[C@@H]2C)cc1C. The van der Waals surface area contributed by atoms with Crippen molar-refractivity contribution in [3.63, 3.8) is 0 Å². The smallest absolute Gasteiger partial charge is 0.243 e. The average molecular weight is 467 g/mol. The van der Waals surface area contributed by atoms with Gasteiger partial charge in [0.1, 0.15) is 5.75 Å². The molecule has 150 valence electrons. The number of hydrogen-bond donors (Lipinski definition) is 0. The number of benzene rings is 2. The second kappa shape index (κ2) is 7.85. The van der Waals surface area contributed by atoms with E-state index in [0.717, 1.165) is 32.0 Å². The number of amides is 1. The lowest BCUT2D eigenvalue weighted by Gasteiger charge is -2.25. The molecule has 0 fully saturated rings. The first-order valence-corrected chi connectivity index (χ1v) is 11.1. The van der Waals surface area contributed by atoms with Crippen LogP contribution in [0.2, 0.25) is 0 Å². The number of nitrogens with zero attached hydrogens (tertiary/aromatic N) is 2. The molecule has 6 nitrogen and oxygen atoms in total. The van der Waals surface area contributed by atoms with Crippen LogP contribution in [-0.2, 0) is 21.2 Å². The van der Waals surface area contributed by atoms with Crippen LogP contribution in [0.5, 0.6) is 5.75 Å². The van der Waals surface area contributed by atoms with E-state index >= 15 is 0 Å². The van der Waals surface area contributed by atoms with Crippen LogP contribution in [0.3, 0.4) is 0 Å². The number of carbonyl (C=O) groups excluding carboxylic acids is 1. The number of aryl methyl sites for hydroxylation is 1. The van der Waals surface area contributed by atoms with Crippen LogP contribution in [-0.4, -0.2) is 45.4 Å². The minimum absolute atomic E-state index is 0.0175. The van der Waals surface area contributed by atoms with E-state index in [9.17, 15) is 13.2 Å². The maximum Gasteiger partial charge on any atom is 0.243 e. The van der Waals surface area contributed by atoms with E-state index in [1.54, 1.807) is 24.0 Å². The van der Waals surface area contributed by atoms with Crippen LogP contribution >= 0.6 is 15.9 Å². The van der Waals surface area contributed by atoms with E-state index in [2.05, 4.69) is 15.9 Å². The van der Waals surface area contributed by atoms with Gasteiger partial charge in [0.2, 0.25) is 15.9 Å².